The lowest BCUT2D eigenvalue weighted by Gasteiger charge is -2.44. The summed E-state index contributed by atoms with van der Waals surface area (Å²) in [6.07, 6.45) is -8.69. The summed E-state index contributed by atoms with van der Waals surface area (Å²) in [7, 11) is 0. The van der Waals surface area contributed by atoms with Gasteiger partial charge in [0.15, 0.2) is 18.5 Å². The summed E-state index contributed by atoms with van der Waals surface area (Å²) in [5.74, 6) is -6.29. The summed E-state index contributed by atoms with van der Waals surface area (Å²) in [4.78, 5) is 67.8. The predicted octanol–water partition coefficient (Wildman–Crippen LogP) is 4.02. The van der Waals surface area contributed by atoms with E-state index >= 15 is 0 Å². The van der Waals surface area contributed by atoms with Gasteiger partial charge >= 0.3 is 29.8 Å². The van der Waals surface area contributed by atoms with Crippen LogP contribution in [0.4, 0.5) is 0 Å². The number of nitrogens with two attached hydrogens (primary N) is 1. The van der Waals surface area contributed by atoms with Crippen LogP contribution >= 0.6 is 0 Å². The van der Waals surface area contributed by atoms with E-state index in [4.69, 9.17) is 43.0 Å². The highest BCUT2D eigenvalue weighted by Crippen LogP contribution is 2.44. The Morgan fingerprint density at radius 2 is 1.39 bits per heavy atom. The molecule has 1 aliphatic carbocycles. The van der Waals surface area contributed by atoms with Gasteiger partial charge in [-0.3, -0.25) is 14.4 Å². The maximum Gasteiger partial charge on any atom is 0.340 e. The normalized spacial score (nSPS) is 22.6. The van der Waals surface area contributed by atoms with Crippen molar-refractivity contribution in [1.29, 1.82) is 0 Å². The van der Waals surface area contributed by atoms with Crippen LogP contribution in [0.2, 0.25) is 0 Å². The zero-order valence-corrected chi connectivity index (χ0v) is 29.1. The molecule has 1 heterocycles. The Labute approximate surface area is 314 Å². The molecule has 0 aromatic heterocycles. The zero-order valence-electron chi connectivity index (χ0n) is 32.1. The van der Waals surface area contributed by atoms with Crippen molar-refractivity contribution in [3.05, 3.63) is 106 Å². The van der Waals surface area contributed by atoms with E-state index in [2.05, 4.69) is 10.0 Å². The molecule has 0 radical (unpaired) electrons. The Morgan fingerprint density at radius 3 is 2.00 bits per heavy atom. The van der Waals surface area contributed by atoms with Crippen molar-refractivity contribution in [3.8, 4) is 11.1 Å². The Bertz CT molecular complexity index is 1940. The lowest BCUT2D eigenvalue weighted by molar-refractivity contribution is -0.286. The van der Waals surface area contributed by atoms with E-state index in [1.807, 2.05) is 48.5 Å². The minimum absolute atomic E-state index is 0.247. The monoisotopic (exact) mass is 747 g/mol. The lowest BCUT2D eigenvalue weighted by Crippen LogP contribution is -2.67. The fraction of sp³-hybridized carbons (Fsp3) is 0.395. The fourth-order valence-electron chi connectivity index (χ4n) is 6.36. The molecule has 5 rings (SSSR count). The van der Waals surface area contributed by atoms with Crippen LogP contribution in [0.1, 0.15) is 54.3 Å². The minimum Gasteiger partial charge on any atom is -0.463 e. The van der Waals surface area contributed by atoms with Crippen LogP contribution in [0, 0.1) is 0 Å². The summed E-state index contributed by atoms with van der Waals surface area (Å²) < 4.78 is 61.4. The molecule has 0 saturated carbocycles. The fourth-order valence-corrected chi connectivity index (χ4v) is 6.36. The van der Waals surface area contributed by atoms with Crippen molar-refractivity contribution in [2.45, 2.75) is 82.4 Å². The van der Waals surface area contributed by atoms with Gasteiger partial charge in [0.2, 0.25) is 5.54 Å². The van der Waals surface area contributed by atoms with Gasteiger partial charge < -0.3 is 38.9 Å². The molecule has 7 atom stereocenters. The highest BCUT2D eigenvalue weighted by molar-refractivity contribution is 6.05. The van der Waals surface area contributed by atoms with Crippen LogP contribution in [-0.4, -0.2) is 85.3 Å². The van der Waals surface area contributed by atoms with E-state index in [-0.39, 0.29) is 13.2 Å². The van der Waals surface area contributed by atoms with Gasteiger partial charge in [-0.15, -0.1) is 0 Å². The molecule has 0 amide bonds. The molecule has 16 heteroatoms. The molecule has 3 aromatic rings. The third kappa shape index (κ3) is 8.69. The second kappa shape index (κ2) is 17.4. The van der Waals surface area contributed by atoms with Crippen LogP contribution in [-0.2, 0) is 63.7 Å². The van der Waals surface area contributed by atoms with Crippen molar-refractivity contribution < 1.29 is 61.2 Å². The average Bonchev–Trinajstić information content (AvgIpc) is 3.56. The predicted molar refractivity (Wildman–Crippen MR) is 188 cm³/mol. The Hall–Kier alpha value is -5.80. The van der Waals surface area contributed by atoms with E-state index in [0.29, 0.717) is 5.56 Å². The molecule has 2 N–H and O–H groups in total. The number of rotatable bonds is 14. The van der Waals surface area contributed by atoms with Gasteiger partial charge in [0.1, 0.15) is 32.0 Å². The third-order valence-corrected chi connectivity index (χ3v) is 8.95. The third-order valence-electron chi connectivity index (χ3n) is 8.95. The SMILES string of the molecule is [2H]CC(=O)OC[C@H]1OC(O[C@H](C)[C@](N)(C(=O)OCc2ccccc2)C(=O)OCC2c3ccccc3-c3ccccc32)[C@H](N=[N+]=[N-])[C@@H](OC(=O)C[2H])[C@H]1OC(=O)C[2H]. The minimum atomic E-state index is -2.74. The molecule has 3 aromatic carbocycles. The number of carbonyl (C=O) groups is 5. The Balaban J connectivity index is 1.48. The first-order chi connectivity index (χ1) is 27.5. The number of hydrogen-bond acceptors (Lipinski definition) is 14. The van der Waals surface area contributed by atoms with E-state index in [1.54, 1.807) is 30.3 Å². The van der Waals surface area contributed by atoms with Gasteiger partial charge in [-0.2, -0.15) is 0 Å². The number of azide groups is 1. The number of hydrogen-bond donors (Lipinski definition) is 1. The maximum absolute atomic E-state index is 14.2. The summed E-state index contributed by atoms with van der Waals surface area (Å²) in [5, 5.41) is 3.64. The topological polar surface area (TPSA) is 225 Å². The molecule has 0 bridgehead atoms. The quantitative estimate of drug-likeness (QED) is 0.0615. The van der Waals surface area contributed by atoms with Crippen molar-refractivity contribution in [1.82, 2.24) is 0 Å². The molecule has 54 heavy (non-hydrogen) atoms. The van der Waals surface area contributed by atoms with Crippen LogP contribution in [0.25, 0.3) is 21.6 Å². The van der Waals surface area contributed by atoms with Gasteiger partial charge in [-0.05, 0) is 40.3 Å². The number of ether oxygens (including phenoxy) is 7. The lowest BCUT2D eigenvalue weighted by atomic mass is 9.93. The van der Waals surface area contributed by atoms with Gasteiger partial charge in [-0.25, -0.2) is 9.59 Å². The molecule has 284 valence electrons. The zero-order chi connectivity index (χ0) is 41.1. The molecule has 0 spiro atoms. The highest BCUT2D eigenvalue weighted by atomic mass is 16.7. The molecule has 1 saturated heterocycles. The average molecular weight is 748 g/mol. The molecule has 2 aliphatic rings. The first-order valence-electron chi connectivity index (χ1n) is 18.7. The number of esters is 5. The number of carbonyl (C=O) groups excluding carboxylic acids is 5. The summed E-state index contributed by atoms with van der Waals surface area (Å²) in [6, 6.07) is 21.9. The Morgan fingerprint density at radius 1 is 0.815 bits per heavy atom. The maximum atomic E-state index is 14.2. The molecular formula is C38H40N4O12. The van der Waals surface area contributed by atoms with E-state index in [1.165, 1.54) is 6.92 Å². The Kier molecular flexibility index (Phi) is 11.3. The van der Waals surface area contributed by atoms with Crippen molar-refractivity contribution in [2.75, 3.05) is 13.2 Å². The summed E-state index contributed by atoms with van der Waals surface area (Å²) >= 11 is 0. The second-order valence-corrected chi connectivity index (χ2v) is 12.4. The van der Waals surface area contributed by atoms with Crippen LogP contribution in [0.15, 0.2) is 84.0 Å². The van der Waals surface area contributed by atoms with Crippen LogP contribution in [0.5, 0.6) is 0 Å². The summed E-state index contributed by atoms with van der Waals surface area (Å²) in [6.45, 7) is -2.71. The van der Waals surface area contributed by atoms with Crippen molar-refractivity contribution in [3.63, 3.8) is 0 Å². The van der Waals surface area contributed by atoms with E-state index in [0.717, 1.165) is 22.3 Å². The van der Waals surface area contributed by atoms with Gasteiger partial charge in [-0.1, -0.05) is 84.0 Å². The van der Waals surface area contributed by atoms with Crippen LogP contribution in [0.3, 0.4) is 0 Å². The smallest absolute Gasteiger partial charge is 0.340 e. The van der Waals surface area contributed by atoms with Crippen molar-refractivity contribution >= 4 is 29.8 Å². The van der Waals surface area contributed by atoms with Crippen LogP contribution < -0.4 is 5.73 Å². The number of fused-ring (bicyclic) bond motifs is 3. The molecule has 16 nitrogen and oxygen atoms in total. The van der Waals surface area contributed by atoms with Crippen molar-refractivity contribution in [2.24, 2.45) is 10.8 Å². The standard InChI is InChI=1S/C38H40N4O12/c1-21(51-35-32(41-42-40)34(53-24(4)45)33(52-23(3)44)31(54-35)20-48-22(2)43)38(39,36(46)49-18-25-12-6-5-7-13-25)37(47)50-19-30-28-16-10-8-14-26(28)27-15-9-11-17-29(27)30/h5-17,21,30-35H,18-20,39H2,1-4H3/t21-,31-,32-,33+,34-,35?,38+/m1/s1/i2D,3D,4D. The number of nitrogens with zero attached hydrogens (tertiary/aromatic N) is 3. The van der Waals surface area contributed by atoms with Gasteiger partial charge in [0.05, 0.1) is 6.10 Å². The van der Waals surface area contributed by atoms with Gasteiger partial charge in [0, 0.05) is 35.6 Å². The first-order valence-corrected chi connectivity index (χ1v) is 16.6. The first kappa shape index (κ1) is 35.2. The summed E-state index contributed by atoms with van der Waals surface area (Å²) in [5.41, 5.74) is 17.7. The molecule has 1 aliphatic heterocycles. The largest absolute Gasteiger partial charge is 0.463 e. The van der Waals surface area contributed by atoms with E-state index in [9.17, 15) is 29.5 Å². The second-order valence-electron chi connectivity index (χ2n) is 12.4. The molecule has 1 fully saturated rings. The van der Waals surface area contributed by atoms with Gasteiger partial charge in [0.25, 0.3) is 0 Å². The van der Waals surface area contributed by atoms with E-state index < -0.39 is 105 Å². The molecule has 1 unspecified atom stereocenters. The highest BCUT2D eigenvalue weighted by Gasteiger charge is 2.56. The number of benzene rings is 3. The molecular weight excluding hydrogens is 704 g/mol.